The molecule has 9 nitrogen and oxygen atoms in total. The number of hydrogen-bond donors (Lipinski definition) is 2. The quantitative estimate of drug-likeness (QED) is 0.386. The van der Waals surface area contributed by atoms with E-state index in [4.69, 9.17) is 9.47 Å². The van der Waals surface area contributed by atoms with Crippen LogP contribution in [0.3, 0.4) is 0 Å². The van der Waals surface area contributed by atoms with Gasteiger partial charge in [-0.25, -0.2) is 4.98 Å². The summed E-state index contributed by atoms with van der Waals surface area (Å²) >= 11 is 0. The highest BCUT2D eigenvalue weighted by molar-refractivity contribution is 6.00. The second-order valence-electron chi connectivity index (χ2n) is 10.6. The summed E-state index contributed by atoms with van der Waals surface area (Å²) in [5.74, 6) is -0.658. The third kappa shape index (κ3) is 6.23. The SMILES string of the molecule is COc1cc(CN[C@H]2CCCN(C)C2)c(C)cc1Nc1ncc(C(F)(F)F)c(Oc2cccc3c2C(=O)N(C)C3)n1. The zero-order valence-electron chi connectivity index (χ0n) is 23.4. The summed E-state index contributed by atoms with van der Waals surface area (Å²) in [5.41, 5.74) is 2.24. The number of carbonyl (C=O) groups is 1. The molecule has 2 N–H and O–H groups in total. The van der Waals surface area contributed by atoms with Gasteiger partial charge in [-0.2, -0.15) is 18.2 Å². The van der Waals surface area contributed by atoms with Gasteiger partial charge in [0.25, 0.3) is 5.91 Å². The maximum absolute atomic E-state index is 13.9. The molecule has 2 aliphatic heterocycles. The molecule has 1 atom stereocenters. The molecule has 0 saturated carbocycles. The standard InChI is InChI=1S/C29H33F3N6O3/c1-17-11-22(24(40-4)12-19(17)13-33-20-8-6-10-37(2)16-20)35-28-34-14-21(29(30,31)32)26(36-28)41-23-9-5-7-18-15-38(3)27(39)25(18)23/h5,7,9,11-12,14,20,33H,6,8,10,13,15-16H2,1-4H3,(H,34,35,36)/t20-/m0/s1. The van der Waals surface area contributed by atoms with Crippen LogP contribution in [0.5, 0.6) is 17.4 Å². The number of alkyl halides is 3. The summed E-state index contributed by atoms with van der Waals surface area (Å²) < 4.78 is 52.9. The van der Waals surface area contributed by atoms with Crippen molar-refractivity contribution in [3.05, 3.63) is 64.3 Å². The normalized spacial score (nSPS) is 17.5. The average Bonchev–Trinajstić information content (AvgIpc) is 3.21. The second kappa shape index (κ2) is 11.5. The number of carbonyl (C=O) groups excluding carboxylic acids is 1. The van der Waals surface area contributed by atoms with E-state index in [1.54, 1.807) is 19.2 Å². The number of nitrogens with one attached hydrogen (secondary N) is 2. The number of nitrogens with zero attached hydrogens (tertiary/aromatic N) is 4. The van der Waals surface area contributed by atoms with Crippen molar-refractivity contribution in [1.29, 1.82) is 0 Å². The molecular formula is C29H33F3N6O3. The molecular weight excluding hydrogens is 537 g/mol. The molecule has 1 aromatic heterocycles. The predicted molar refractivity (Wildman–Crippen MR) is 148 cm³/mol. The van der Waals surface area contributed by atoms with E-state index >= 15 is 0 Å². The number of methoxy groups -OCH3 is 1. The third-order valence-electron chi connectivity index (χ3n) is 7.46. The Hall–Kier alpha value is -3.90. The van der Waals surface area contributed by atoms with Crippen molar-refractivity contribution >= 4 is 17.5 Å². The van der Waals surface area contributed by atoms with Crippen LogP contribution in [-0.2, 0) is 19.3 Å². The highest BCUT2D eigenvalue weighted by Gasteiger charge is 2.37. The van der Waals surface area contributed by atoms with Gasteiger partial charge in [0.2, 0.25) is 11.8 Å². The summed E-state index contributed by atoms with van der Waals surface area (Å²) in [6, 6.07) is 8.97. The molecule has 2 aliphatic rings. The van der Waals surface area contributed by atoms with E-state index in [-0.39, 0.29) is 23.2 Å². The fourth-order valence-corrected chi connectivity index (χ4v) is 5.25. The molecule has 1 saturated heterocycles. The minimum atomic E-state index is -4.78. The number of hydrogen-bond acceptors (Lipinski definition) is 8. The van der Waals surface area contributed by atoms with Gasteiger partial charge in [-0.3, -0.25) is 4.79 Å². The van der Waals surface area contributed by atoms with E-state index in [0.717, 1.165) is 37.1 Å². The van der Waals surface area contributed by atoms with E-state index < -0.39 is 17.6 Å². The summed E-state index contributed by atoms with van der Waals surface area (Å²) in [6.07, 6.45) is -1.84. The fraction of sp³-hybridized carbons (Fsp3) is 0.414. The third-order valence-corrected chi connectivity index (χ3v) is 7.46. The lowest BCUT2D eigenvalue weighted by Gasteiger charge is -2.30. The zero-order valence-corrected chi connectivity index (χ0v) is 23.4. The van der Waals surface area contributed by atoms with Gasteiger partial charge in [0.15, 0.2) is 0 Å². The topological polar surface area (TPSA) is 91.8 Å². The maximum atomic E-state index is 13.9. The first-order chi connectivity index (χ1) is 19.5. The Morgan fingerprint density at radius 1 is 1.17 bits per heavy atom. The van der Waals surface area contributed by atoms with Gasteiger partial charge in [-0.15, -0.1) is 0 Å². The Morgan fingerprint density at radius 2 is 1.98 bits per heavy atom. The molecule has 0 unspecified atom stereocenters. The number of fused-ring (bicyclic) bond motifs is 1. The van der Waals surface area contributed by atoms with Crippen LogP contribution in [0.1, 0.15) is 45.5 Å². The summed E-state index contributed by atoms with van der Waals surface area (Å²) in [7, 11) is 5.26. The van der Waals surface area contributed by atoms with E-state index in [1.165, 1.54) is 18.1 Å². The number of rotatable bonds is 8. The molecule has 3 aromatic rings. The smallest absolute Gasteiger partial charge is 0.423 e. The van der Waals surface area contributed by atoms with Crippen molar-refractivity contribution in [2.24, 2.45) is 0 Å². The van der Waals surface area contributed by atoms with Crippen molar-refractivity contribution in [1.82, 2.24) is 25.1 Å². The van der Waals surface area contributed by atoms with E-state index in [9.17, 15) is 18.0 Å². The highest BCUT2D eigenvalue weighted by Crippen LogP contribution is 2.40. The molecule has 1 fully saturated rings. The number of piperidine rings is 1. The summed E-state index contributed by atoms with van der Waals surface area (Å²) in [6.45, 7) is 5.05. The number of benzene rings is 2. The average molecular weight is 571 g/mol. The number of anilines is 2. The van der Waals surface area contributed by atoms with Crippen LogP contribution in [-0.4, -0.2) is 66.0 Å². The minimum absolute atomic E-state index is 0.00133. The Kier molecular flexibility index (Phi) is 8.05. The van der Waals surface area contributed by atoms with Gasteiger partial charge < -0.3 is 29.9 Å². The first-order valence-electron chi connectivity index (χ1n) is 13.4. The van der Waals surface area contributed by atoms with Crippen LogP contribution < -0.4 is 20.1 Å². The number of likely N-dealkylation sites (N-methyl/N-ethyl adjacent to an activating group) is 1. The summed E-state index contributed by atoms with van der Waals surface area (Å²) in [5, 5.41) is 6.59. The molecule has 218 valence electrons. The maximum Gasteiger partial charge on any atom is 0.423 e. The molecule has 3 heterocycles. The molecule has 2 aromatic carbocycles. The molecule has 0 spiro atoms. The van der Waals surface area contributed by atoms with Crippen LogP contribution in [0, 0.1) is 6.92 Å². The van der Waals surface area contributed by atoms with Crippen molar-refractivity contribution in [3.8, 4) is 17.4 Å². The van der Waals surface area contributed by atoms with Crippen molar-refractivity contribution in [2.75, 3.05) is 39.6 Å². The van der Waals surface area contributed by atoms with Crippen LogP contribution in [0.2, 0.25) is 0 Å². The molecule has 41 heavy (non-hydrogen) atoms. The lowest BCUT2D eigenvalue weighted by atomic mass is 10.0. The van der Waals surface area contributed by atoms with E-state index in [2.05, 4.69) is 32.5 Å². The first-order valence-corrected chi connectivity index (χ1v) is 13.4. The van der Waals surface area contributed by atoms with Gasteiger partial charge in [0.1, 0.15) is 17.1 Å². The van der Waals surface area contributed by atoms with Crippen molar-refractivity contribution < 1.29 is 27.4 Å². The Labute approximate surface area is 236 Å². The molecule has 0 aliphatic carbocycles. The largest absolute Gasteiger partial charge is 0.495 e. The van der Waals surface area contributed by atoms with Crippen LogP contribution >= 0.6 is 0 Å². The number of aryl methyl sites for hydroxylation is 1. The van der Waals surface area contributed by atoms with Gasteiger partial charge in [-0.05, 0) is 68.2 Å². The zero-order chi connectivity index (χ0) is 29.3. The first kappa shape index (κ1) is 28.6. The molecule has 1 amide bonds. The molecule has 0 bridgehead atoms. The van der Waals surface area contributed by atoms with Crippen LogP contribution in [0.25, 0.3) is 0 Å². The highest BCUT2D eigenvalue weighted by atomic mass is 19.4. The van der Waals surface area contributed by atoms with E-state index in [1.807, 2.05) is 19.1 Å². The second-order valence-corrected chi connectivity index (χ2v) is 10.6. The monoisotopic (exact) mass is 570 g/mol. The van der Waals surface area contributed by atoms with Gasteiger partial charge in [0, 0.05) is 38.9 Å². The molecule has 12 heteroatoms. The predicted octanol–water partition coefficient (Wildman–Crippen LogP) is 5.12. The number of ether oxygens (including phenoxy) is 2. The Morgan fingerprint density at radius 3 is 2.71 bits per heavy atom. The number of halogens is 3. The Balaban J connectivity index is 1.40. The fourth-order valence-electron chi connectivity index (χ4n) is 5.25. The minimum Gasteiger partial charge on any atom is -0.495 e. The molecule has 5 rings (SSSR count). The van der Waals surface area contributed by atoms with Gasteiger partial charge in [0.05, 0.1) is 18.4 Å². The lowest BCUT2D eigenvalue weighted by Crippen LogP contribution is -2.43. The Bertz CT molecular complexity index is 1450. The summed E-state index contributed by atoms with van der Waals surface area (Å²) in [4.78, 5) is 24.4. The molecule has 0 radical (unpaired) electrons. The number of aromatic nitrogens is 2. The van der Waals surface area contributed by atoms with Gasteiger partial charge in [-0.1, -0.05) is 12.1 Å². The van der Waals surface area contributed by atoms with Crippen molar-refractivity contribution in [3.63, 3.8) is 0 Å². The lowest BCUT2D eigenvalue weighted by molar-refractivity contribution is -0.139. The van der Waals surface area contributed by atoms with Crippen molar-refractivity contribution in [2.45, 2.75) is 45.1 Å². The number of amides is 1. The number of likely N-dealkylation sites (tertiary alicyclic amines) is 1. The van der Waals surface area contributed by atoms with E-state index in [0.29, 0.717) is 42.3 Å². The van der Waals surface area contributed by atoms with Crippen LogP contribution in [0.15, 0.2) is 36.5 Å². The van der Waals surface area contributed by atoms with Gasteiger partial charge >= 0.3 is 6.18 Å². The van der Waals surface area contributed by atoms with Crippen LogP contribution in [0.4, 0.5) is 24.8 Å².